The minimum atomic E-state index is -0.576. The number of ether oxygens (including phenoxy) is 2. The van der Waals surface area contributed by atoms with Crippen LogP contribution in [0, 0.1) is 13.8 Å². The monoisotopic (exact) mass is 305 g/mol. The molecule has 0 aromatic heterocycles. The zero-order chi connectivity index (χ0) is 15.4. The molecule has 0 atom stereocenters. The summed E-state index contributed by atoms with van der Waals surface area (Å²) in [6.07, 6.45) is -0.576. The average Bonchev–Trinajstić information content (AvgIpc) is 2.43. The number of halogens is 1. The maximum Gasteiger partial charge on any atom is 0.417 e. The average molecular weight is 306 g/mol. The fraction of sp³-hybridized carbons (Fsp3) is 0.188. The summed E-state index contributed by atoms with van der Waals surface area (Å²) in [7, 11) is 1.54. The summed E-state index contributed by atoms with van der Waals surface area (Å²) in [6, 6.07) is 10.6. The number of anilines is 1. The van der Waals surface area contributed by atoms with Crippen molar-refractivity contribution in [1.29, 1.82) is 0 Å². The summed E-state index contributed by atoms with van der Waals surface area (Å²) in [5.74, 6) is 1.07. The fourth-order valence-corrected chi connectivity index (χ4v) is 2.36. The molecule has 0 saturated carbocycles. The Morgan fingerprint density at radius 3 is 2.38 bits per heavy atom. The van der Waals surface area contributed by atoms with Gasteiger partial charge in [-0.3, -0.25) is 5.32 Å². The Balaban J connectivity index is 2.16. The highest BCUT2D eigenvalue weighted by atomic mass is 35.5. The molecule has 0 aliphatic carbocycles. The summed E-state index contributed by atoms with van der Waals surface area (Å²) in [5.41, 5.74) is 2.15. The van der Waals surface area contributed by atoms with E-state index in [1.54, 1.807) is 37.4 Å². The Morgan fingerprint density at radius 2 is 1.76 bits per heavy atom. The minimum Gasteiger partial charge on any atom is -0.495 e. The van der Waals surface area contributed by atoms with Gasteiger partial charge < -0.3 is 9.47 Å². The Hall–Kier alpha value is -2.20. The summed E-state index contributed by atoms with van der Waals surface area (Å²) in [4.78, 5) is 12.0. The molecule has 21 heavy (non-hydrogen) atoms. The highest BCUT2D eigenvalue weighted by Crippen LogP contribution is 2.28. The predicted molar refractivity (Wildman–Crippen MR) is 83.6 cm³/mol. The first-order chi connectivity index (χ1) is 10.0. The van der Waals surface area contributed by atoms with Gasteiger partial charge in [-0.2, -0.15) is 0 Å². The van der Waals surface area contributed by atoms with Crippen LogP contribution in [-0.4, -0.2) is 13.2 Å². The number of rotatable bonds is 3. The number of benzene rings is 2. The first kappa shape index (κ1) is 15.2. The van der Waals surface area contributed by atoms with E-state index < -0.39 is 6.09 Å². The molecule has 2 rings (SSSR count). The van der Waals surface area contributed by atoms with Crippen LogP contribution in [0.1, 0.15) is 11.1 Å². The highest BCUT2D eigenvalue weighted by Gasteiger charge is 2.13. The van der Waals surface area contributed by atoms with Gasteiger partial charge in [0.2, 0.25) is 0 Å². The molecule has 0 saturated heterocycles. The maximum absolute atomic E-state index is 12.0. The fourth-order valence-electron chi connectivity index (χ4n) is 2.03. The van der Waals surface area contributed by atoms with Gasteiger partial charge in [-0.15, -0.1) is 0 Å². The third-order valence-corrected chi connectivity index (χ3v) is 3.18. The second kappa shape index (κ2) is 6.50. The lowest BCUT2D eigenvalue weighted by molar-refractivity contribution is 0.214. The molecule has 0 aliphatic heterocycles. The van der Waals surface area contributed by atoms with Gasteiger partial charge in [0.15, 0.2) is 0 Å². The lowest BCUT2D eigenvalue weighted by Crippen LogP contribution is -2.18. The van der Waals surface area contributed by atoms with Gasteiger partial charge in [0.25, 0.3) is 0 Å². The van der Waals surface area contributed by atoms with E-state index in [1.807, 2.05) is 19.9 Å². The van der Waals surface area contributed by atoms with Crippen LogP contribution in [0.15, 0.2) is 36.4 Å². The van der Waals surface area contributed by atoms with Crippen molar-refractivity contribution in [2.75, 3.05) is 12.4 Å². The zero-order valence-corrected chi connectivity index (χ0v) is 12.8. The number of amides is 1. The Labute approximate surface area is 128 Å². The predicted octanol–water partition coefficient (Wildman–Crippen LogP) is 4.58. The van der Waals surface area contributed by atoms with Gasteiger partial charge >= 0.3 is 6.09 Å². The number of aryl methyl sites for hydroxylation is 2. The summed E-state index contributed by atoms with van der Waals surface area (Å²) >= 11 is 5.96. The molecule has 2 aromatic carbocycles. The van der Waals surface area contributed by atoms with E-state index in [0.29, 0.717) is 22.2 Å². The lowest BCUT2D eigenvalue weighted by atomic mass is 10.1. The Bertz CT molecular complexity index is 647. The van der Waals surface area contributed by atoms with Crippen LogP contribution in [0.4, 0.5) is 10.5 Å². The van der Waals surface area contributed by atoms with Crippen LogP contribution < -0.4 is 14.8 Å². The Morgan fingerprint density at radius 1 is 1.14 bits per heavy atom. The van der Waals surface area contributed by atoms with Gasteiger partial charge in [-0.05, 0) is 49.2 Å². The zero-order valence-electron chi connectivity index (χ0n) is 12.1. The number of nitrogens with one attached hydrogen (secondary N) is 1. The molecule has 0 aliphatic rings. The van der Waals surface area contributed by atoms with Crippen molar-refractivity contribution in [3.8, 4) is 11.5 Å². The van der Waals surface area contributed by atoms with Gasteiger partial charge in [-0.25, -0.2) is 4.79 Å². The quantitative estimate of drug-likeness (QED) is 0.903. The summed E-state index contributed by atoms with van der Waals surface area (Å²) in [5, 5.41) is 3.27. The molecule has 0 radical (unpaired) electrons. The van der Waals surface area contributed by atoms with Crippen molar-refractivity contribution in [1.82, 2.24) is 0 Å². The molecular formula is C16H16ClNO3. The van der Waals surface area contributed by atoms with E-state index in [2.05, 4.69) is 5.32 Å². The van der Waals surface area contributed by atoms with Crippen LogP contribution in [0.5, 0.6) is 11.5 Å². The third kappa shape index (κ3) is 3.67. The van der Waals surface area contributed by atoms with Crippen molar-refractivity contribution in [2.24, 2.45) is 0 Å². The molecule has 0 heterocycles. The van der Waals surface area contributed by atoms with E-state index >= 15 is 0 Å². The summed E-state index contributed by atoms with van der Waals surface area (Å²) in [6.45, 7) is 3.68. The van der Waals surface area contributed by atoms with Crippen molar-refractivity contribution in [2.45, 2.75) is 13.8 Å². The van der Waals surface area contributed by atoms with Crippen LogP contribution >= 0.6 is 11.6 Å². The normalized spacial score (nSPS) is 10.1. The molecule has 4 nitrogen and oxygen atoms in total. The number of carbonyl (C=O) groups is 1. The van der Waals surface area contributed by atoms with Gasteiger partial charge in [0.05, 0.1) is 12.8 Å². The van der Waals surface area contributed by atoms with Crippen molar-refractivity contribution < 1.29 is 14.3 Å². The molecular weight excluding hydrogens is 290 g/mol. The highest BCUT2D eigenvalue weighted by molar-refractivity contribution is 6.30. The van der Waals surface area contributed by atoms with Crippen LogP contribution in [-0.2, 0) is 0 Å². The van der Waals surface area contributed by atoms with Crippen LogP contribution in [0.25, 0.3) is 0 Å². The smallest absolute Gasteiger partial charge is 0.417 e. The van der Waals surface area contributed by atoms with Gasteiger partial charge in [-0.1, -0.05) is 23.7 Å². The van der Waals surface area contributed by atoms with Crippen LogP contribution in [0.3, 0.4) is 0 Å². The van der Waals surface area contributed by atoms with Crippen molar-refractivity contribution in [3.63, 3.8) is 0 Å². The first-order valence-electron chi connectivity index (χ1n) is 6.40. The number of hydrogen-bond acceptors (Lipinski definition) is 3. The number of para-hydroxylation sites is 2. The molecule has 5 heteroatoms. The topological polar surface area (TPSA) is 47.6 Å². The largest absolute Gasteiger partial charge is 0.495 e. The molecule has 0 bridgehead atoms. The Kier molecular flexibility index (Phi) is 4.70. The molecule has 0 spiro atoms. The second-order valence-corrected chi connectivity index (χ2v) is 5.02. The van der Waals surface area contributed by atoms with E-state index in [4.69, 9.17) is 21.1 Å². The van der Waals surface area contributed by atoms with Crippen molar-refractivity contribution >= 4 is 23.4 Å². The molecule has 2 aromatic rings. The number of carbonyl (C=O) groups excluding carboxylic acids is 1. The van der Waals surface area contributed by atoms with E-state index in [1.165, 1.54) is 0 Å². The lowest BCUT2D eigenvalue weighted by Gasteiger charge is -2.13. The SMILES string of the molecule is COc1ccccc1NC(=O)Oc1c(C)cc(Cl)cc1C. The molecule has 0 fully saturated rings. The van der Waals surface area contributed by atoms with Gasteiger partial charge in [0, 0.05) is 5.02 Å². The van der Waals surface area contributed by atoms with Crippen LogP contribution in [0.2, 0.25) is 5.02 Å². The molecule has 1 N–H and O–H groups in total. The number of hydrogen-bond donors (Lipinski definition) is 1. The van der Waals surface area contributed by atoms with E-state index in [-0.39, 0.29) is 0 Å². The first-order valence-corrected chi connectivity index (χ1v) is 6.77. The van der Waals surface area contributed by atoms with E-state index in [0.717, 1.165) is 11.1 Å². The van der Waals surface area contributed by atoms with Gasteiger partial charge in [0.1, 0.15) is 11.5 Å². The third-order valence-electron chi connectivity index (χ3n) is 2.96. The minimum absolute atomic E-state index is 0.506. The molecule has 110 valence electrons. The standard InChI is InChI=1S/C16H16ClNO3/c1-10-8-12(17)9-11(2)15(10)21-16(19)18-13-6-4-5-7-14(13)20-3/h4-9H,1-3H3,(H,18,19). The molecule has 1 amide bonds. The second-order valence-electron chi connectivity index (χ2n) is 4.58. The summed E-state index contributed by atoms with van der Waals surface area (Å²) < 4.78 is 10.5. The number of methoxy groups -OCH3 is 1. The van der Waals surface area contributed by atoms with E-state index in [9.17, 15) is 4.79 Å². The molecule has 0 unspecified atom stereocenters. The van der Waals surface area contributed by atoms with Crippen molar-refractivity contribution in [3.05, 3.63) is 52.5 Å². The maximum atomic E-state index is 12.0.